The molecule has 2 rings (SSSR count). The average molecular weight is 328 g/mol. The monoisotopic (exact) mass is 328 g/mol. The zero-order valence-corrected chi connectivity index (χ0v) is 15.6. The molecule has 0 radical (unpaired) electrons. The van der Waals surface area contributed by atoms with Crippen LogP contribution < -0.4 is 5.32 Å². The molecule has 1 heterocycles. The Balaban J connectivity index is 2.10. The van der Waals surface area contributed by atoms with Gasteiger partial charge in [-0.2, -0.15) is 5.10 Å². The number of carbonyl (C=O) groups excluding carboxylic acids is 1. The van der Waals surface area contributed by atoms with Crippen LogP contribution in [0.3, 0.4) is 0 Å². The molecule has 1 aromatic carbocycles. The topological polar surface area (TPSA) is 50.2 Å². The number of rotatable bonds is 5. The quantitative estimate of drug-likeness (QED) is 0.918. The predicted octanol–water partition coefficient (Wildman–Crippen LogP) is 2.84. The predicted molar refractivity (Wildman–Crippen MR) is 97.3 cm³/mol. The summed E-state index contributed by atoms with van der Waals surface area (Å²) in [6.07, 6.45) is 0. The first kappa shape index (κ1) is 18.2. The largest absolute Gasteiger partial charge is 0.350 e. The lowest BCUT2D eigenvalue weighted by Gasteiger charge is -2.23. The molecule has 1 aromatic heterocycles. The summed E-state index contributed by atoms with van der Waals surface area (Å²) in [5.41, 5.74) is 4.13. The maximum atomic E-state index is 12.1. The van der Waals surface area contributed by atoms with E-state index in [9.17, 15) is 4.79 Å². The van der Waals surface area contributed by atoms with Gasteiger partial charge in [0.15, 0.2) is 0 Å². The lowest BCUT2D eigenvalue weighted by molar-refractivity contribution is -0.123. The van der Waals surface area contributed by atoms with Crippen molar-refractivity contribution in [3.8, 4) is 5.69 Å². The highest BCUT2D eigenvalue weighted by molar-refractivity contribution is 5.78. The summed E-state index contributed by atoms with van der Waals surface area (Å²) >= 11 is 0. The van der Waals surface area contributed by atoms with Crippen LogP contribution in [-0.2, 0) is 11.3 Å². The van der Waals surface area contributed by atoms with Crippen molar-refractivity contribution in [2.75, 3.05) is 13.6 Å². The van der Waals surface area contributed by atoms with Crippen LogP contribution in [0.2, 0.25) is 0 Å². The van der Waals surface area contributed by atoms with Gasteiger partial charge in [0.05, 0.1) is 17.9 Å². The maximum Gasteiger partial charge on any atom is 0.234 e. The molecule has 0 saturated heterocycles. The number of aryl methyl sites for hydroxylation is 1. The number of likely N-dealkylation sites (N-methyl/N-ethyl adjacent to an activating group) is 1. The number of amides is 1. The van der Waals surface area contributed by atoms with Gasteiger partial charge >= 0.3 is 0 Å². The molecule has 0 saturated carbocycles. The van der Waals surface area contributed by atoms with Crippen LogP contribution in [0.4, 0.5) is 0 Å². The maximum absolute atomic E-state index is 12.1. The third kappa shape index (κ3) is 4.68. The number of benzene rings is 1. The number of para-hydroxylation sites is 1. The van der Waals surface area contributed by atoms with Crippen molar-refractivity contribution in [1.82, 2.24) is 20.0 Å². The summed E-state index contributed by atoms with van der Waals surface area (Å²) in [7, 11) is 1.96. The summed E-state index contributed by atoms with van der Waals surface area (Å²) < 4.78 is 1.97. The second-order valence-corrected chi connectivity index (χ2v) is 7.37. The van der Waals surface area contributed by atoms with Crippen LogP contribution in [-0.4, -0.2) is 39.7 Å². The Morgan fingerprint density at radius 2 is 1.83 bits per heavy atom. The minimum absolute atomic E-state index is 0.0377. The minimum atomic E-state index is -0.206. The van der Waals surface area contributed by atoms with Crippen molar-refractivity contribution in [3.63, 3.8) is 0 Å². The van der Waals surface area contributed by atoms with Gasteiger partial charge < -0.3 is 5.32 Å². The first-order valence-electron chi connectivity index (χ1n) is 8.27. The van der Waals surface area contributed by atoms with E-state index in [2.05, 4.69) is 17.3 Å². The van der Waals surface area contributed by atoms with E-state index in [0.717, 1.165) is 17.1 Å². The van der Waals surface area contributed by atoms with Crippen LogP contribution in [0.5, 0.6) is 0 Å². The highest BCUT2D eigenvalue weighted by atomic mass is 16.2. The lowest BCUT2D eigenvalue weighted by Crippen LogP contribution is -2.45. The average Bonchev–Trinajstić information content (AvgIpc) is 2.74. The number of hydrogen-bond donors (Lipinski definition) is 1. The number of nitrogens with zero attached hydrogens (tertiary/aromatic N) is 3. The van der Waals surface area contributed by atoms with Gasteiger partial charge in [0, 0.05) is 23.3 Å². The van der Waals surface area contributed by atoms with Gasteiger partial charge in [-0.3, -0.25) is 9.69 Å². The molecule has 0 aliphatic heterocycles. The van der Waals surface area contributed by atoms with E-state index in [4.69, 9.17) is 0 Å². The van der Waals surface area contributed by atoms with Crippen LogP contribution in [0, 0.1) is 13.8 Å². The zero-order chi connectivity index (χ0) is 17.9. The Hall–Kier alpha value is -2.14. The van der Waals surface area contributed by atoms with Crippen molar-refractivity contribution >= 4 is 5.91 Å². The molecular formula is C19H28N4O. The minimum Gasteiger partial charge on any atom is -0.350 e. The first-order valence-corrected chi connectivity index (χ1v) is 8.27. The van der Waals surface area contributed by atoms with Crippen molar-refractivity contribution in [1.29, 1.82) is 0 Å². The molecule has 130 valence electrons. The molecule has 0 unspecified atom stereocenters. The number of hydrogen-bond acceptors (Lipinski definition) is 3. The first-order chi connectivity index (χ1) is 11.2. The second-order valence-electron chi connectivity index (χ2n) is 7.37. The molecule has 0 aliphatic rings. The van der Waals surface area contributed by atoms with Crippen molar-refractivity contribution in [2.24, 2.45) is 0 Å². The van der Waals surface area contributed by atoms with Gasteiger partial charge in [0.2, 0.25) is 5.91 Å². The normalized spacial score (nSPS) is 11.8. The number of carbonyl (C=O) groups is 1. The molecule has 0 atom stereocenters. The molecule has 1 N–H and O–H groups in total. The summed E-state index contributed by atoms with van der Waals surface area (Å²) in [4.78, 5) is 14.1. The fraction of sp³-hybridized carbons (Fsp3) is 0.474. The lowest BCUT2D eigenvalue weighted by atomic mass is 10.1. The Bertz CT molecular complexity index is 698. The van der Waals surface area contributed by atoms with E-state index in [-0.39, 0.29) is 11.4 Å². The molecule has 0 aliphatic carbocycles. The highest BCUT2D eigenvalue weighted by Gasteiger charge is 2.18. The van der Waals surface area contributed by atoms with E-state index >= 15 is 0 Å². The van der Waals surface area contributed by atoms with Crippen LogP contribution >= 0.6 is 0 Å². The SMILES string of the molecule is Cc1nn(-c2ccccc2)c(C)c1CN(C)CC(=O)NC(C)(C)C. The molecule has 24 heavy (non-hydrogen) atoms. The van der Waals surface area contributed by atoms with Crippen molar-refractivity contribution in [3.05, 3.63) is 47.3 Å². The standard InChI is InChI=1S/C19H28N4O/c1-14-17(12-22(6)13-18(24)20-19(3,4)5)15(2)23(21-14)16-10-8-7-9-11-16/h7-11H,12-13H2,1-6H3,(H,20,24). The fourth-order valence-electron chi connectivity index (χ4n) is 2.75. The highest BCUT2D eigenvalue weighted by Crippen LogP contribution is 2.19. The summed E-state index contributed by atoms with van der Waals surface area (Å²) in [5, 5.41) is 7.66. The summed E-state index contributed by atoms with van der Waals surface area (Å²) in [6, 6.07) is 10.1. The van der Waals surface area contributed by atoms with E-state index in [1.807, 2.05) is 74.7 Å². The molecule has 5 heteroatoms. The van der Waals surface area contributed by atoms with Crippen LogP contribution in [0.25, 0.3) is 5.69 Å². The molecule has 0 bridgehead atoms. The van der Waals surface area contributed by atoms with E-state index < -0.39 is 0 Å². The molecule has 0 fully saturated rings. The second kappa shape index (κ2) is 7.18. The third-order valence-electron chi connectivity index (χ3n) is 3.80. The molecule has 5 nitrogen and oxygen atoms in total. The Labute approximate surface area is 144 Å². The molecule has 0 spiro atoms. The zero-order valence-electron chi connectivity index (χ0n) is 15.6. The van der Waals surface area contributed by atoms with Crippen molar-refractivity contribution < 1.29 is 4.79 Å². The Kier molecular flexibility index (Phi) is 5.44. The van der Waals surface area contributed by atoms with E-state index in [1.165, 1.54) is 5.56 Å². The van der Waals surface area contributed by atoms with Gasteiger partial charge in [0.1, 0.15) is 0 Å². The summed E-state index contributed by atoms with van der Waals surface area (Å²) in [6.45, 7) is 11.1. The third-order valence-corrected chi connectivity index (χ3v) is 3.80. The molecule has 2 aromatic rings. The van der Waals surface area contributed by atoms with E-state index in [1.54, 1.807) is 0 Å². The van der Waals surface area contributed by atoms with Gasteiger partial charge in [-0.15, -0.1) is 0 Å². The fourth-order valence-corrected chi connectivity index (χ4v) is 2.75. The smallest absolute Gasteiger partial charge is 0.234 e. The van der Waals surface area contributed by atoms with Gasteiger partial charge in [-0.25, -0.2) is 4.68 Å². The van der Waals surface area contributed by atoms with Gasteiger partial charge in [0.25, 0.3) is 0 Å². The Morgan fingerprint density at radius 3 is 2.42 bits per heavy atom. The van der Waals surface area contributed by atoms with Gasteiger partial charge in [-0.05, 0) is 53.8 Å². The number of aromatic nitrogens is 2. The number of nitrogens with one attached hydrogen (secondary N) is 1. The van der Waals surface area contributed by atoms with Crippen molar-refractivity contribution in [2.45, 2.75) is 46.7 Å². The van der Waals surface area contributed by atoms with Crippen LogP contribution in [0.1, 0.15) is 37.7 Å². The Morgan fingerprint density at radius 1 is 1.21 bits per heavy atom. The van der Waals surface area contributed by atoms with Crippen LogP contribution in [0.15, 0.2) is 30.3 Å². The van der Waals surface area contributed by atoms with Gasteiger partial charge in [-0.1, -0.05) is 18.2 Å². The van der Waals surface area contributed by atoms with E-state index in [0.29, 0.717) is 13.1 Å². The molecular weight excluding hydrogens is 300 g/mol. The molecule has 1 amide bonds. The summed E-state index contributed by atoms with van der Waals surface area (Å²) in [5.74, 6) is 0.0377.